The molecule has 6 aromatic carbocycles. The second-order valence-corrected chi connectivity index (χ2v) is 16.0. The lowest BCUT2D eigenvalue weighted by Gasteiger charge is -2.36. The summed E-state index contributed by atoms with van der Waals surface area (Å²) < 4.78 is 12.7. The maximum absolute atomic E-state index is 6.34. The smallest absolute Gasteiger partial charge is 0.398 e. The van der Waals surface area contributed by atoms with Crippen LogP contribution in [-0.2, 0) is 14.7 Å². The third kappa shape index (κ3) is 4.80. The zero-order valence-corrected chi connectivity index (χ0v) is 31.3. The van der Waals surface area contributed by atoms with Crippen molar-refractivity contribution < 1.29 is 9.31 Å². The second kappa shape index (κ2) is 12.2. The van der Waals surface area contributed by atoms with E-state index in [1.807, 2.05) is 6.20 Å². The minimum Gasteiger partial charge on any atom is -0.398 e. The maximum Gasteiger partial charge on any atom is 0.514 e. The lowest BCUT2D eigenvalue weighted by Crippen LogP contribution is -2.41. The highest BCUT2D eigenvalue weighted by Crippen LogP contribution is 2.58. The molecule has 7 aromatic rings. The minimum atomic E-state index is -0.506. The van der Waals surface area contributed by atoms with Crippen molar-refractivity contribution in [2.24, 2.45) is 0 Å². The third-order valence-electron chi connectivity index (χ3n) is 12.5. The van der Waals surface area contributed by atoms with Crippen LogP contribution in [0.25, 0.3) is 54.9 Å². The van der Waals surface area contributed by atoms with Crippen molar-refractivity contribution in [1.82, 2.24) is 4.98 Å². The van der Waals surface area contributed by atoms with Gasteiger partial charge in [0.1, 0.15) is 0 Å². The molecular weight excluding hydrogens is 657 g/mol. The zero-order valence-electron chi connectivity index (χ0n) is 31.3. The largest absolute Gasteiger partial charge is 0.514 e. The first kappa shape index (κ1) is 33.1. The van der Waals surface area contributed by atoms with Crippen LogP contribution in [0.2, 0.25) is 0 Å². The normalized spacial score (nSPS) is 19.6. The molecule has 3 nitrogen and oxygen atoms in total. The molecule has 1 saturated heterocycles. The fraction of sp³-hybridized carbons (Fsp3) is 0.180. The lowest BCUT2D eigenvalue weighted by molar-refractivity contribution is 0.00578. The number of pyridine rings is 1. The van der Waals surface area contributed by atoms with Crippen molar-refractivity contribution in [2.45, 2.75) is 57.2 Å². The Morgan fingerprint density at radius 2 is 1.13 bits per heavy atom. The van der Waals surface area contributed by atoms with E-state index in [0.29, 0.717) is 0 Å². The Balaban J connectivity index is 1.19. The summed E-state index contributed by atoms with van der Waals surface area (Å²) in [5, 5.41) is 4.84. The van der Waals surface area contributed by atoms with Crippen molar-refractivity contribution in [1.29, 1.82) is 0 Å². The summed E-state index contributed by atoms with van der Waals surface area (Å²) in [6.45, 7) is 8.31. The molecule has 1 atom stereocenters. The number of aromatic nitrogens is 1. The molecule has 0 spiro atoms. The summed E-state index contributed by atoms with van der Waals surface area (Å²) in [6.07, 6.45) is 11.3. The summed E-state index contributed by atoms with van der Waals surface area (Å²) in [7, 11) is -0.506. The molecule has 1 unspecified atom stereocenters. The van der Waals surface area contributed by atoms with E-state index >= 15 is 0 Å². The van der Waals surface area contributed by atoms with Crippen molar-refractivity contribution in [3.63, 3.8) is 0 Å². The Morgan fingerprint density at radius 1 is 0.556 bits per heavy atom. The highest BCUT2D eigenvalue weighted by molar-refractivity contribution is 6.61. The Labute approximate surface area is 318 Å². The van der Waals surface area contributed by atoms with Crippen LogP contribution in [0.4, 0.5) is 0 Å². The Bertz CT molecular complexity index is 2600. The highest BCUT2D eigenvalue weighted by atomic mass is 16.7. The van der Waals surface area contributed by atoms with Crippen molar-refractivity contribution in [3.05, 3.63) is 180 Å². The van der Waals surface area contributed by atoms with E-state index in [9.17, 15) is 0 Å². The molecule has 262 valence electrons. The van der Waals surface area contributed by atoms with Crippen LogP contribution in [-0.4, -0.2) is 23.3 Å². The third-order valence-corrected chi connectivity index (χ3v) is 12.5. The first-order chi connectivity index (χ1) is 26.3. The first-order valence-corrected chi connectivity index (χ1v) is 19.2. The van der Waals surface area contributed by atoms with Crippen LogP contribution in [0.15, 0.2) is 163 Å². The van der Waals surface area contributed by atoms with Crippen LogP contribution >= 0.6 is 0 Å². The minimum absolute atomic E-state index is 0.420. The van der Waals surface area contributed by atoms with Crippen LogP contribution in [0.5, 0.6) is 0 Å². The van der Waals surface area contributed by atoms with Gasteiger partial charge in [0.2, 0.25) is 0 Å². The van der Waals surface area contributed by atoms with Gasteiger partial charge in [0.25, 0.3) is 0 Å². The number of allylic oxidation sites excluding steroid dienone is 4. The Hall–Kier alpha value is -5.55. The number of rotatable bonds is 5. The van der Waals surface area contributed by atoms with Crippen LogP contribution < -0.4 is 5.59 Å². The number of hydrogen-bond donors (Lipinski definition) is 0. The van der Waals surface area contributed by atoms with Gasteiger partial charge in [0, 0.05) is 11.8 Å². The van der Waals surface area contributed by atoms with E-state index in [2.05, 4.69) is 179 Å². The van der Waals surface area contributed by atoms with Gasteiger partial charge in [-0.3, -0.25) is 4.98 Å². The van der Waals surface area contributed by atoms with Gasteiger partial charge in [-0.1, -0.05) is 140 Å². The fourth-order valence-electron chi connectivity index (χ4n) is 9.21. The van der Waals surface area contributed by atoms with Crippen LogP contribution in [0.1, 0.15) is 57.2 Å². The van der Waals surface area contributed by atoms with E-state index in [4.69, 9.17) is 14.3 Å². The lowest BCUT2D eigenvalue weighted by atomic mass is 9.66. The number of hydrogen-bond acceptors (Lipinski definition) is 3. The van der Waals surface area contributed by atoms with Gasteiger partial charge in [-0.2, -0.15) is 0 Å². The number of fused-ring (bicyclic) bond motifs is 5. The molecule has 0 bridgehead atoms. The van der Waals surface area contributed by atoms with Crippen molar-refractivity contribution in [3.8, 4) is 33.4 Å². The van der Waals surface area contributed by atoms with E-state index in [1.165, 1.54) is 71.6 Å². The molecule has 2 heterocycles. The van der Waals surface area contributed by atoms with Gasteiger partial charge >= 0.3 is 7.12 Å². The molecule has 0 amide bonds. The Morgan fingerprint density at radius 3 is 1.74 bits per heavy atom. The molecule has 10 rings (SSSR count). The van der Waals surface area contributed by atoms with E-state index in [0.717, 1.165) is 24.0 Å². The average Bonchev–Trinajstić information content (AvgIpc) is 3.63. The molecule has 0 N–H and O–H groups in total. The van der Waals surface area contributed by atoms with Gasteiger partial charge in [0.15, 0.2) is 0 Å². The van der Waals surface area contributed by atoms with Gasteiger partial charge < -0.3 is 9.31 Å². The van der Waals surface area contributed by atoms with E-state index in [-0.39, 0.29) is 0 Å². The molecule has 0 saturated carbocycles. The standard InChI is InChI=1S/C50H42BNO2/c1-48(2)49(3,4)54-51(53-48)45-30-28-34(32-52-45)47-41-24-13-11-22-39(41)46(40-23-12-14-25-42(40)47)33-27-29-38-37-21-15-16-26-43(37)50(44(38)31-33,35-17-7-5-8-18-35)36-19-9-6-10-20-36/h5,7-9,11-32H,6,10H2,1-4H3. The summed E-state index contributed by atoms with van der Waals surface area (Å²) in [5.74, 6) is 0. The topological polar surface area (TPSA) is 31.4 Å². The predicted octanol–water partition coefficient (Wildman–Crippen LogP) is 11.6. The summed E-state index contributed by atoms with van der Waals surface area (Å²) in [5.41, 5.74) is 12.2. The summed E-state index contributed by atoms with van der Waals surface area (Å²) in [4.78, 5) is 4.95. The van der Waals surface area contributed by atoms with Gasteiger partial charge in [-0.25, -0.2) is 0 Å². The zero-order chi connectivity index (χ0) is 36.7. The van der Waals surface area contributed by atoms with Crippen molar-refractivity contribution in [2.75, 3.05) is 0 Å². The van der Waals surface area contributed by atoms with Crippen LogP contribution in [0.3, 0.4) is 0 Å². The molecule has 1 aromatic heterocycles. The van der Waals surface area contributed by atoms with E-state index < -0.39 is 23.7 Å². The Kier molecular flexibility index (Phi) is 7.50. The SMILES string of the molecule is CC1(C)OB(c2ccc(-c3c4ccccc4c(-c4ccc5c(c4)C(C4=CCCC=C4)(c4ccccc4)c4ccccc4-5)c4ccccc34)cn2)OC1(C)C. The van der Waals surface area contributed by atoms with Crippen molar-refractivity contribution >= 4 is 34.3 Å². The van der Waals surface area contributed by atoms with Gasteiger partial charge in [-0.05, 0) is 124 Å². The van der Waals surface area contributed by atoms with Gasteiger partial charge in [0.05, 0.1) is 22.2 Å². The predicted molar refractivity (Wildman–Crippen MR) is 224 cm³/mol. The average molecular weight is 700 g/mol. The summed E-state index contributed by atoms with van der Waals surface area (Å²) >= 11 is 0. The molecule has 2 aliphatic carbocycles. The fourth-order valence-corrected chi connectivity index (χ4v) is 9.21. The highest BCUT2D eigenvalue weighted by Gasteiger charge is 2.52. The molecule has 0 radical (unpaired) electrons. The molecular formula is C50H42BNO2. The monoisotopic (exact) mass is 699 g/mol. The van der Waals surface area contributed by atoms with Crippen LogP contribution in [0, 0.1) is 0 Å². The quantitative estimate of drug-likeness (QED) is 0.132. The molecule has 1 aliphatic heterocycles. The number of benzene rings is 6. The van der Waals surface area contributed by atoms with Gasteiger partial charge in [-0.15, -0.1) is 0 Å². The molecule has 3 aliphatic rings. The number of nitrogens with zero attached hydrogens (tertiary/aromatic N) is 1. The summed E-state index contributed by atoms with van der Waals surface area (Å²) in [6, 6.07) is 49.3. The molecule has 1 fully saturated rings. The molecule has 4 heteroatoms. The first-order valence-electron chi connectivity index (χ1n) is 19.2. The molecule has 54 heavy (non-hydrogen) atoms. The second-order valence-electron chi connectivity index (χ2n) is 16.0. The maximum atomic E-state index is 6.34. The van der Waals surface area contributed by atoms with E-state index in [1.54, 1.807) is 0 Å².